The maximum absolute atomic E-state index is 13.8. The number of sulfone groups is 1. The first-order chi connectivity index (χ1) is 12.1. The number of phenols is 1. The Morgan fingerprint density at radius 1 is 1.19 bits per heavy atom. The highest BCUT2D eigenvalue weighted by atomic mass is 32.2. The minimum absolute atomic E-state index is 0.0321. The molecule has 0 aromatic heterocycles. The van der Waals surface area contributed by atoms with E-state index in [9.17, 15) is 31.1 Å². The second-order valence-electron chi connectivity index (χ2n) is 6.43. The number of piperazine rings is 1. The Balaban J connectivity index is 1.66. The van der Waals surface area contributed by atoms with Gasteiger partial charge in [-0.3, -0.25) is 4.79 Å². The molecule has 1 unspecified atom stereocenters. The zero-order valence-electron chi connectivity index (χ0n) is 13.8. The fraction of sp³-hybridized carbons (Fsp3) is 0.533. The van der Waals surface area contributed by atoms with Crippen LogP contribution in [0.1, 0.15) is 16.8 Å². The number of benzene rings is 1. The fourth-order valence-electron chi connectivity index (χ4n) is 3.20. The lowest BCUT2D eigenvalue weighted by atomic mass is 10.1. The Morgan fingerprint density at radius 3 is 2.38 bits per heavy atom. The highest BCUT2D eigenvalue weighted by Crippen LogP contribution is 2.24. The van der Waals surface area contributed by atoms with Crippen LogP contribution in [0.15, 0.2) is 18.2 Å². The largest absolute Gasteiger partial charge is 0.508 e. The van der Waals surface area contributed by atoms with Crippen molar-refractivity contribution in [1.82, 2.24) is 9.21 Å². The number of sulfonamides is 1. The Morgan fingerprint density at radius 2 is 1.85 bits per heavy atom. The van der Waals surface area contributed by atoms with E-state index in [4.69, 9.17) is 0 Å². The Bertz CT molecular complexity index is 923. The summed E-state index contributed by atoms with van der Waals surface area (Å²) in [5.74, 6) is -2.21. The topological polar surface area (TPSA) is 112 Å². The molecule has 1 aromatic rings. The van der Waals surface area contributed by atoms with Crippen molar-refractivity contribution in [1.29, 1.82) is 0 Å². The molecule has 2 saturated heterocycles. The van der Waals surface area contributed by atoms with Gasteiger partial charge in [0.25, 0.3) is 5.91 Å². The van der Waals surface area contributed by atoms with Crippen LogP contribution >= 0.6 is 0 Å². The van der Waals surface area contributed by atoms with E-state index in [-0.39, 0.29) is 55.4 Å². The van der Waals surface area contributed by atoms with Crippen molar-refractivity contribution in [3.8, 4) is 5.75 Å². The Labute approximate surface area is 151 Å². The molecule has 3 rings (SSSR count). The lowest BCUT2D eigenvalue weighted by Gasteiger charge is -2.35. The normalized spacial score (nSPS) is 23.9. The van der Waals surface area contributed by atoms with E-state index in [1.807, 2.05) is 0 Å². The van der Waals surface area contributed by atoms with Gasteiger partial charge < -0.3 is 10.0 Å². The summed E-state index contributed by atoms with van der Waals surface area (Å²) in [4.78, 5) is 13.7. The van der Waals surface area contributed by atoms with Crippen molar-refractivity contribution in [3.63, 3.8) is 0 Å². The van der Waals surface area contributed by atoms with Crippen molar-refractivity contribution in [2.45, 2.75) is 11.7 Å². The molecule has 0 spiro atoms. The average molecular weight is 406 g/mol. The third-order valence-electron chi connectivity index (χ3n) is 4.68. The maximum Gasteiger partial charge on any atom is 0.256 e. The molecule has 144 valence electrons. The van der Waals surface area contributed by atoms with Crippen LogP contribution in [-0.2, 0) is 19.9 Å². The molecule has 2 heterocycles. The third kappa shape index (κ3) is 3.69. The zero-order valence-corrected chi connectivity index (χ0v) is 15.5. The van der Waals surface area contributed by atoms with Crippen molar-refractivity contribution < 1.29 is 31.1 Å². The first-order valence-corrected chi connectivity index (χ1v) is 11.4. The molecule has 1 aromatic carbocycles. The number of phenolic OH excluding ortho intramolecular Hbond substituents is 1. The second-order valence-corrected chi connectivity index (χ2v) is 10.9. The van der Waals surface area contributed by atoms with E-state index >= 15 is 0 Å². The minimum Gasteiger partial charge on any atom is -0.508 e. The van der Waals surface area contributed by atoms with Gasteiger partial charge in [-0.1, -0.05) is 0 Å². The molecule has 8 nitrogen and oxygen atoms in total. The molecule has 0 saturated carbocycles. The third-order valence-corrected chi connectivity index (χ3v) is 8.99. The van der Waals surface area contributed by atoms with Gasteiger partial charge in [0.05, 0.1) is 22.3 Å². The predicted molar refractivity (Wildman–Crippen MR) is 91.5 cm³/mol. The molecular weight excluding hydrogens is 387 g/mol. The molecule has 0 bridgehead atoms. The van der Waals surface area contributed by atoms with Crippen LogP contribution in [0.3, 0.4) is 0 Å². The molecule has 0 radical (unpaired) electrons. The highest BCUT2D eigenvalue weighted by molar-refractivity contribution is 7.95. The van der Waals surface area contributed by atoms with Gasteiger partial charge in [-0.05, 0) is 18.6 Å². The van der Waals surface area contributed by atoms with Gasteiger partial charge in [-0.2, -0.15) is 4.31 Å². The summed E-state index contributed by atoms with van der Waals surface area (Å²) in [5, 5.41) is 8.27. The van der Waals surface area contributed by atoms with Gasteiger partial charge in [0.15, 0.2) is 9.84 Å². The monoisotopic (exact) mass is 406 g/mol. The lowest BCUT2D eigenvalue weighted by molar-refractivity contribution is 0.0692. The summed E-state index contributed by atoms with van der Waals surface area (Å²) in [5.41, 5.74) is -0.194. The predicted octanol–water partition coefficient (Wildman–Crippen LogP) is -0.194. The Kier molecular flexibility index (Phi) is 4.97. The first-order valence-electron chi connectivity index (χ1n) is 8.07. The van der Waals surface area contributed by atoms with Crippen LogP contribution in [0.25, 0.3) is 0 Å². The quantitative estimate of drug-likeness (QED) is 0.744. The molecule has 2 aliphatic rings. The number of hydrogen-bond acceptors (Lipinski definition) is 6. The molecule has 1 N–H and O–H groups in total. The van der Waals surface area contributed by atoms with E-state index in [1.54, 1.807) is 0 Å². The maximum atomic E-state index is 13.8. The molecule has 2 aliphatic heterocycles. The van der Waals surface area contributed by atoms with Crippen molar-refractivity contribution in [2.24, 2.45) is 0 Å². The fourth-order valence-corrected chi connectivity index (χ4v) is 7.71. The number of hydrogen-bond donors (Lipinski definition) is 1. The standard InChI is InChI=1S/C15H19FN2O6S2/c16-14-9-11(19)1-2-13(14)15(20)17-4-6-18(7-5-17)26(23,24)12-3-8-25(21,22)10-12/h1-2,9,12,19H,3-8,10H2. The van der Waals surface area contributed by atoms with Crippen molar-refractivity contribution in [3.05, 3.63) is 29.6 Å². The van der Waals surface area contributed by atoms with Gasteiger partial charge in [-0.25, -0.2) is 21.2 Å². The number of amides is 1. The zero-order chi connectivity index (χ0) is 19.1. The summed E-state index contributed by atoms with van der Waals surface area (Å²) in [7, 11) is -7.07. The van der Waals surface area contributed by atoms with E-state index in [0.717, 1.165) is 6.07 Å². The van der Waals surface area contributed by atoms with Crippen LogP contribution in [0.4, 0.5) is 4.39 Å². The summed E-state index contributed by atoms with van der Waals surface area (Å²) in [6.07, 6.45) is 0.0858. The average Bonchev–Trinajstić information content (AvgIpc) is 2.95. The number of nitrogens with zero attached hydrogens (tertiary/aromatic N) is 2. The van der Waals surface area contributed by atoms with E-state index in [1.165, 1.54) is 21.3 Å². The van der Waals surface area contributed by atoms with Gasteiger partial charge in [0, 0.05) is 32.2 Å². The number of carbonyl (C=O) groups is 1. The van der Waals surface area contributed by atoms with Crippen LogP contribution < -0.4 is 0 Å². The molecule has 0 aliphatic carbocycles. The SMILES string of the molecule is O=C(c1ccc(O)cc1F)N1CCN(S(=O)(=O)C2CCS(=O)(=O)C2)CC1. The Hall–Kier alpha value is -1.72. The number of aromatic hydroxyl groups is 1. The van der Waals surface area contributed by atoms with E-state index < -0.39 is 36.8 Å². The smallest absolute Gasteiger partial charge is 0.256 e. The summed E-state index contributed by atoms with van der Waals surface area (Å²) in [6, 6.07) is 3.23. The number of rotatable bonds is 3. The van der Waals surface area contributed by atoms with Crippen molar-refractivity contribution >= 4 is 25.8 Å². The van der Waals surface area contributed by atoms with Gasteiger partial charge in [-0.15, -0.1) is 0 Å². The molecule has 1 amide bonds. The van der Waals surface area contributed by atoms with Crippen LogP contribution in [0.2, 0.25) is 0 Å². The summed E-state index contributed by atoms with van der Waals surface area (Å²) >= 11 is 0. The minimum atomic E-state index is -3.75. The van der Waals surface area contributed by atoms with Gasteiger partial charge >= 0.3 is 0 Å². The summed E-state index contributed by atoms with van der Waals surface area (Å²) in [6.45, 7) is 0.227. The first kappa shape index (κ1) is 19.1. The number of halogens is 1. The lowest BCUT2D eigenvalue weighted by Crippen LogP contribution is -2.52. The molecule has 11 heteroatoms. The van der Waals surface area contributed by atoms with Crippen LogP contribution in [0, 0.1) is 5.82 Å². The molecule has 2 fully saturated rings. The summed E-state index contributed by atoms with van der Waals surface area (Å²) < 4.78 is 63.3. The highest BCUT2D eigenvalue weighted by Gasteiger charge is 2.41. The molecular formula is C15H19FN2O6S2. The molecule has 26 heavy (non-hydrogen) atoms. The van der Waals surface area contributed by atoms with E-state index in [0.29, 0.717) is 0 Å². The van der Waals surface area contributed by atoms with Crippen LogP contribution in [0.5, 0.6) is 5.75 Å². The van der Waals surface area contributed by atoms with Crippen molar-refractivity contribution in [2.75, 3.05) is 37.7 Å². The van der Waals surface area contributed by atoms with Gasteiger partial charge in [0.1, 0.15) is 11.6 Å². The molecule has 1 atom stereocenters. The van der Waals surface area contributed by atoms with Gasteiger partial charge in [0.2, 0.25) is 10.0 Å². The number of carbonyl (C=O) groups excluding carboxylic acids is 1. The van der Waals surface area contributed by atoms with Crippen LogP contribution in [-0.4, -0.2) is 80.0 Å². The second kappa shape index (κ2) is 6.78. The van der Waals surface area contributed by atoms with E-state index in [2.05, 4.69) is 0 Å².